The van der Waals surface area contributed by atoms with Crippen molar-refractivity contribution in [3.63, 3.8) is 0 Å². The fourth-order valence-corrected chi connectivity index (χ4v) is 2.67. The lowest BCUT2D eigenvalue weighted by molar-refractivity contribution is 0.179. The quantitative estimate of drug-likeness (QED) is 0.736. The van der Waals surface area contributed by atoms with Crippen molar-refractivity contribution < 1.29 is 4.39 Å². The molecule has 0 heterocycles. The molecule has 2 aliphatic carbocycles. The molecule has 0 bridgehead atoms. The van der Waals surface area contributed by atoms with E-state index in [4.69, 9.17) is 0 Å². The van der Waals surface area contributed by atoms with Crippen LogP contribution in [-0.2, 0) is 0 Å². The van der Waals surface area contributed by atoms with Gasteiger partial charge in [-0.15, -0.1) is 0 Å². The van der Waals surface area contributed by atoms with Crippen LogP contribution < -0.4 is 5.32 Å². The predicted molar refractivity (Wildman–Crippen MR) is 57.1 cm³/mol. The second kappa shape index (κ2) is 4.61. The third-order valence-corrected chi connectivity index (χ3v) is 4.01. The van der Waals surface area contributed by atoms with E-state index in [-0.39, 0.29) is 0 Å². The highest BCUT2D eigenvalue weighted by molar-refractivity contribution is 4.84. The van der Waals surface area contributed by atoms with Gasteiger partial charge in [-0.05, 0) is 51.4 Å². The second-order valence-corrected chi connectivity index (χ2v) is 5.10. The van der Waals surface area contributed by atoms with E-state index >= 15 is 0 Å². The highest BCUT2D eigenvalue weighted by Crippen LogP contribution is 2.30. The van der Waals surface area contributed by atoms with Crippen molar-refractivity contribution in [1.29, 1.82) is 0 Å². The van der Waals surface area contributed by atoms with E-state index in [0.29, 0.717) is 12.1 Å². The summed E-state index contributed by atoms with van der Waals surface area (Å²) in [5.41, 5.74) is 0. The summed E-state index contributed by atoms with van der Waals surface area (Å²) in [5.74, 6) is 0.901. The largest absolute Gasteiger partial charge is 0.311 e. The van der Waals surface area contributed by atoms with E-state index in [1.807, 2.05) is 0 Å². The second-order valence-electron chi connectivity index (χ2n) is 5.10. The SMILES string of the molecule is CC(NC1CCC(F)CC1)C1CCC1. The van der Waals surface area contributed by atoms with Gasteiger partial charge in [0.2, 0.25) is 0 Å². The van der Waals surface area contributed by atoms with E-state index < -0.39 is 6.17 Å². The van der Waals surface area contributed by atoms with Crippen molar-refractivity contribution in [1.82, 2.24) is 5.32 Å². The Morgan fingerprint density at radius 2 is 1.71 bits per heavy atom. The van der Waals surface area contributed by atoms with Crippen LogP contribution in [0.4, 0.5) is 4.39 Å². The Bertz CT molecular complexity index is 171. The average Bonchev–Trinajstić information content (AvgIpc) is 2.06. The number of halogens is 1. The molecule has 0 aromatic heterocycles. The van der Waals surface area contributed by atoms with Crippen LogP contribution in [0.1, 0.15) is 51.9 Å². The lowest BCUT2D eigenvalue weighted by Gasteiger charge is -2.36. The molecule has 0 aromatic rings. The Balaban J connectivity index is 1.68. The van der Waals surface area contributed by atoms with Crippen LogP contribution in [-0.4, -0.2) is 18.3 Å². The summed E-state index contributed by atoms with van der Waals surface area (Å²) in [6.07, 6.45) is 7.31. The lowest BCUT2D eigenvalue weighted by Crippen LogP contribution is -2.44. The first-order valence-corrected chi connectivity index (χ1v) is 6.16. The zero-order valence-corrected chi connectivity index (χ0v) is 9.14. The molecule has 2 fully saturated rings. The fourth-order valence-electron chi connectivity index (χ4n) is 2.67. The molecule has 0 aromatic carbocycles. The highest BCUT2D eigenvalue weighted by Gasteiger charge is 2.27. The lowest BCUT2D eigenvalue weighted by atomic mass is 9.79. The molecule has 82 valence electrons. The van der Waals surface area contributed by atoms with E-state index in [2.05, 4.69) is 12.2 Å². The Morgan fingerprint density at radius 1 is 1.07 bits per heavy atom. The summed E-state index contributed by atoms with van der Waals surface area (Å²) < 4.78 is 12.9. The zero-order chi connectivity index (χ0) is 9.97. The van der Waals surface area contributed by atoms with Gasteiger partial charge in [0.05, 0.1) is 0 Å². The van der Waals surface area contributed by atoms with Crippen LogP contribution in [0.3, 0.4) is 0 Å². The van der Waals surface area contributed by atoms with Crippen molar-refractivity contribution in [2.75, 3.05) is 0 Å². The minimum atomic E-state index is -0.521. The molecule has 1 N–H and O–H groups in total. The summed E-state index contributed by atoms with van der Waals surface area (Å²) in [4.78, 5) is 0. The summed E-state index contributed by atoms with van der Waals surface area (Å²) in [7, 11) is 0. The molecule has 0 radical (unpaired) electrons. The molecule has 2 heteroatoms. The summed E-state index contributed by atoms with van der Waals surface area (Å²) in [6, 6.07) is 1.25. The van der Waals surface area contributed by atoms with Crippen LogP contribution in [0, 0.1) is 5.92 Å². The highest BCUT2D eigenvalue weighted by atomic mass is 19.1. The van der Waals surface area contributed by atoms with Gasteiger partial charge >= 0.3 is 0 Å². The van der Waals surface area contributed by atoms with Gasteiger partial charge in [-0.25, -0.2) is 4.39 Å². The molecule has 0 amide bonds. The topological polar surface area (TPSA) is 12.0 Å². The van der Waals surface area contributed by atoms with Gasteiger partial charge in [-0.2, -0.15) is 0 Å². The third kappa shape index (κ3) is 2.47. The number of hydrogen-bond acceptors (Lipinski definition) is 1. The molecule has 2 aliphatic rings. The Labute approximate surface area is 86.5 Å². The number of nitrogens with one attached hydrogen (secondary N) is 1. The van der Waals surface area contributed by atoms with Gasteiger partial charge in [0.25, 0.3) is 0 Å². The van der Waals surface area contributed by atoms with Gasteiger partial charge in [0, 0.05) is 12.1 Å². The van der Waals surface area contributed by atoms with Crippen LogP contribution >= 0.6 is 0 Å². The minimum absolute atomic E-state index is 0.521. The zero-order valence-electron chi connectivity index (χ0n) is 9.14. The molecule has 0 aliphatic heterocycles. The Hall–Kier alpha value is -0.110. The molecule has 2 saturated carbocycles. The van der Waals surface area contributed by atoms with E-state index in [1.54, 1.807) is 0 Å². The van der Waals surface area contributed by atoms with Crippen molar-refractivity contribution in [3.8, 4) is 0 Å². The summed E-state index contributed by atoms with van der Waals surface area (Å²) in [5, 5.41) is 3.67. The fraction of sp³-hybridized carbons (Fsp3) is 1.00. The minimum Gasteiger partial charge on any atom is -0.311 e. The van der Waals surface area contributed by atoms with E-state index in [0.717, 1.165) is 31.6 Å². The first-order valence-electron chi connectivity index (χ1n) is 6.16. The molecule has 2 rings (SSSR count). The van der Waals surface area contributed by atoms with Gasteiger partial charge in [-0.1, -0.05) is 6.42 Å². The van der Waals surface area contributed by atoms with E-state index in [9.17, 15) is 4.39 Å². The first-order chi connectivity index (χ1) is 6.75. The molecule has 0 saturated heterocycles. The molecule has 14 heavy (non-hydrogen) atoms. The molecular weight excluding hydrogens is 177 g/mol. The van der Waals surface area contributed by atoms with Gasteiger partial charge in [-0.3, -0.25) is 0 Å². The normalized spacial score (nSPS) is 36.4. The Kier molecular flexibility index (Phi) is 3.42. The van der Waals surface area contributed by atoms with Gasteiger partial charge in [0.15, 0.2) is 0 Å². The molecule has 1 unspecified atom stereocenters. The summed E-state index contributed by atoms with van der Waals surface area (Å²) in [6.45, 7) is 2.30. The molecular formula is C12H22FN. The van der Waals surface area contributed by atoms with Crippen LogP contribution in [0.15, 0.2) is 0 Å². The van der Waals surface area contributed by atoms with Crippen molar-refractivity contribution in [2.24, 2.45) is 5.92 Å². The molecule has 0 spiro atoms. The molecule has 1 atom stereocenters. The van der Waals surface area contributed by atoms with Crippen molar-refractivity contribution in [2.45, 2.75) is 70.1 Å². The monoisotopic (exact) mass is 199 g/mol. The average molecular weight is 199 g/mol. The standard InChI is InChI=1S/C12H22FN/c1-9(10-3-2-4-10)14-12-7-5-11(13)6-8-12/h9-12,14H,2-8H2,1H3. The van der Waals surface area contributed by atoms with Gasteiger partial charge in [0.1, 0.15) is 6.17 Å². The maximum atomic E-state index is 12.9. The van der Waals surface area contributed by atoms with Crippen molar-refractivity contribution in [3.05, 3.63) is 0 Å². The number of hydrogen-bond donors (Lipinski definition) is 1. The Morgan fingerprint density at radius 3 is 2.21 bits per heavy atom. The maximum absolute atomic E-state index is 12.9. The van der Waals surface area contributed by atoms with Gasteiger partial charge < -0.3 is 5.32 Å². The first kappa shape index (κ1) is 10.4. The number of rotatable bonds is 3. The van der Waals surface area contributed by atoms with Crippen molar-refractivity contribution >= 4 is 0 Å². The molecule has 1 nitrogen and oxygen atoms in total. The number of alkyl halides is 1. The van der Waals surface area contributed by atoms with Crippen LogP contribution in [0.2, 0.25) is 0 Å². The van der Waals surface area contributed by atoms with E-state index in [1.165, 1.54) is 19.3 Å². The van der Waals surface area contributed by atoms with Crippen LogP contribution in [0.5, 0.6) is 0 Å². The summed E-state index contributed by atoms with van der Waals surface area (Å²) >= 11 is 0. The smallest absolute Gasteiger partial charge is 0.100 e. The maximum Gasteiger partial charge on any atom is 0.100 e. The predicted octanol–water partition coefficient (Wildman–Crippen LogP) is 3.05. The van der Waals surface area contributed by atoms with Crippen LogP contribution in [0.25, 0.3) is 0 Å². The third-order valence-electron chi connectivity index (χ3n) is 4.01.